The summed E-state index contributed by atoms with van der Waals surface area (Å²) in [6.07, 6.45) is 0. The molecule has 1 amide bonds. The summed E-state index contributed by atoms with van der Waals surface area (Å²) in [5.74, 6) is -0.623. The minimum atomic E-state index is -0.576. The van der Waals surface area contributed by atoms with Gasteiger partial charge in [0.15, 0.2) is 0 Å². The summed E-state index contributed by atoms with van der Waals surface area (Å²) in [6.45, 7) is 3.48. The number of ether oxygens (including phenoxy) is 1. The molecule has 0 atom stereocenters. The SMILES string of the molecule is COc1cc(C)ccc1NC(=O)c1cc(N)cc(C)c1F. The molecule has 0 bridgehead atoms. The van der Waals surface area contributed by atoms with Gasteiger partial charge < -0.3 is 15.8 Å². The lowest BCUT2D eigenvalue weighted by atomic mass is 10.1. The number of rotatable bonds is 3. The lowest BCUT2D eigenvalue weighted by Crippen LogP contribution is -2.15. The van der Waals surface area contributed by atoms with E-state index in [2.05, 4.69) is 5.32 Å². The monoisotopic (exact) mass is 288 g/mol. The summed E-state index contributed by atoms with van der Waals surface area (Å²) >= 11 is 0. The van der Waals surface area contributed by atoms with Crippen LogP contribution in [0.15, 0.2) is 30.3 Å². The standard InChI is InChI=1S/C16H17FN2O2/c1-9-4-5-13(14(6-9)21-3)19-16(20)12-8-11(18)7-10(2)15(12)17/h4-8H,18H2,1-3H3,(H,19,20). The fourth-order valence-electron chi connectivity index (χ4n) is 2.05. The lowest BCUT2D eigenvalue weighted by Gasteiger charge is -2.12. The van der Waals surface area contributed by atoms with Gasteiger partial charge in [0.1, 0.15) is 11.6 Å². The van der Waals surface area contributed by atoms with E-state index >= 15 is 0 Å². The number of benzene rings is 2. The van der Waals surface area contributed by atoms with Crippen molar-refractivity contribution in [1.82, 2.24) is 0 Å². The van der Waals surface area contributed by atoms with Crippen LogP contribution in [0.4, 0.5) is 15.8 Å². The van der Waals surface area contributed by atoms with Crippen LogP contribution in [0.2, 0.25) is 0 Å². The van der Waals surface area contributed by atoms with Crippen molar-refractivity contribution in [3.63, 3.8) is 0 Å². The molecule has 0 spiro atoms. The lowest BCUT2D eigenvalue weighted by molar-refractivity contribution is 0.102. The smallest absolute Gasteiger partial charge is 0.258 e. The second kappa shape index (κ2) is 5.83. The summed E-state index contributed by atoms with van der Waals surface area (Å²) in [4.78, 5) is 12.2. The van der Waals surface area contributed by atoms with E-state index in [4.69, 9.17) is 10.5 Å². The van der Waals surface area contributed by atoms with Gasteiger partial charge in [-0.25, -0.2) is 4.39 Å². The van der Waals surface area contributed by atoms with E-state index in [1.165, 1.54) is 19.2 Å². The number of nitrogen functional groups attached to an aromatic ring is 1. The predicted octanol–water partition coefficient (Wildman–Crippen LogP) is 3.29. The number of hydrogen-bond donors (Lipinski definition) is 2. The zero-order valence-corrected chi connectivity index (χ0v) is 12.2. The van der Waals surface area contributed by atoms with E-state index in [1.54, 1.807) is 19.1 Å². The minimum absolute atomic E-state index is 0.0878. The van der Waals surface area contributed by atoms with E-state index in [0.717, 1.165) is 5.56 Å². The molecular formula is C16H17FN2O2. The van der Waals surface area contributed by atoms with Crippen LogP contribution >= 0.6 is 0 Å². The molecule has 0 aliphatic carbocycles. The van der Waals surface area contributed by atoms with Gasteiger partial charge in [-0.1, -0.05) is 6.07 Å². The van der Waals surface area contributed by atoms with Crippen LogP contribution in [0.25, 0.3) is 0 Å². The molecule has 0 aromatic heterocycles. The number of nitrogens with one attached hydrogen (secondary N) is 1. The second-order valence-corrected chi connectivity index (χ2v) is 4.86. The van der Waals surface area contributed by atoms with Crippen LogP contribution < -0.4 is 15.8 Å². The molecule has 0 aliphatic heterocycles. The van der Waals surface area contributed by atoms with Crippen LogP contribution in [0.1, 0.15) is 21.5 Å². The Labute approximate surface area is 122 Å². The maximum atomic E-state index is 14.0. The number of anilines is 2. The van der Waals surface area contributed by atoms with E-state index in [1.807, 2.05) is 13.0 Å². The van der Waals surface area contributed by atoms with Gasteiger partial charge in [-0.2, -0.15) is 0 Å². The number of amides is 1. The number of carbonyl (C=O) groups excluding carboxylic acids is 1. The Bertz CT molecular complexity index is 699. The van der Waals surface area contributed by atoms with Gasteiger partial charge in [0.2, 0.25) is 0 Å². The Balaban J connectivity index is 2.35. The highest BCUT2D eigenvalue weighted by Gasteiger charge is 2.16. The number of hydrogen-bond acceptors (Lipinski definition) is 3. The highest BCUT2D eigenvalue weighted by Crippen LogP contribution is 2.26. The molecule has 0 heterocycles. The van der Waals surface area contributed by atoms with Crippen LogP contribution in [0, 0.1) is 19.7 Å². The Morgan fingerprint density at radius 3 is 2.62 bits per heavy atom. The second-order valence-electron chi connectivity index (χ2n) is 4.86. The number of nitrogens with two attached hydrogens (primary N) is 1. The molecule has 0 radical (unpaired) electrons. The van der Waals surface area contributed by atoms with Gasteiger partial charge in [0.25, 0.3) is 5.91 Å². The summed E-state index contributed by atoms with van der Waals surface area (Å²) < 4.78 is 19.2. The first-order valence-corrected chi connectivity index (χ1v) is 6.44. The van der Waals surface area contributed by atoms with Crippen molar-refractivity contribution in [3.05, 3.63) is 52.8 Å². The molecule has 5 heteroatoms. The average molecular weight is 288 g/mol. The van der Waals surface area contributed by atoms with Gasteiger partial charge in [0, 0.05) is 5.69 Å². The highest BCUT2D eigenvalue weighted by atomic mass is 19.1. The first kappa shape index (κ1) is 14.8. The topological polar surface area (TPSA) is 64.3 Å². The predicted molar refractivity (Wildman–Crippen MR) is 81.2 cm³/mol. The van der Waals surface area contributed by atoms with E-state index in [-0.39, 0.29) is 5.56 Å². The fourth-order valence-corrected chi connectivity index (χ4v) is 2.05. The molecule has 0 fully saturated rings. The first-order valence-electron chi connectivity index (χ1n) is 6.44. The van der Waals surface area contributed by atoms with Crippen LogP contribution in [0.5, 0.6) is 5.75 Å². The third kappa shape index (κ3) is 3.13. The zero-order chi connectivity index (χ0) is 15.6. The number of halogens is 1. The summed E-state index contributed by atoms with van der Waals surface area (Å²) in [6, 6.07) is 8.13. The molecule has 2 aromatic rings. The quantitative estimate of drug-likeness (QED) is 0.852. The van der Waals surface area contributed by atoms with E-state index in [9.17, 15) is 9.18 Å². The van der Waals surface area contributed by atoms with Gasteiger partial charge >= 0.3 is 0 Å². The molecule has 0 aliphatic rings. The molecule has 110 valence electrons. The van der Waals surface area contributed by atoms with Gasteiger partial charge in [0.05, 0.1) is 18.4 Å². The molecule has 0 saturated carbocycles. The fraction of sp³-hybridized carbons (Fsp3) is 0.188. The minimum Gasteiger partial charge on any atom is -0.495 e. The number of carbonyl (C=O) groups is 1. The van der Waals surface area contributed by atoms with E-state index < -0.39 is 11.7 Å². The van der Waals surface area contributed by atoms with Crippen molar-refractivity contribution in [2.75, 3.05) is 18.2 Å². The summed E-state index contributed by atoms with van der Waals surface area (Å²) in [5.41, 5.74) is 7.72. The van der Waals surface area contributed by atoms with Crippen molar-refractivity contribution in [3.8, 4) is 5.75 Å². The van der Waals surface area contributed by atoms with Crippen molar-refractivity contribution in [1.29, 1.82) is 0 Å². The Kier molecular flexibility index (Phi) is 4.12. The Morgan fingerprint density at radius 1 is 1.24 bits per heavy atom. The number of methoxy groups -OCH3 is 1. The van der Waals surface area contributed by atoms with Crippen LogP contribution in [-0.4, -0.2) is 13.0 Å². The molecule has 21 heavy (non-hydrogen) atoms. The van der Waals surface area contributed by atoms with Crippen molar-refractivity contribution < 1.29 is 13.9 Å². The molecule has 2 rings (SSSR count). The van der Waals surface area contributed by atoms with Crippen LogP contribution in [0.3, 0.4) is 0 Å². The Morgan fingerprint density at radius 2 is 1.95 bits per heavy atom. The molecule has 4 nitrogen and oxygen atoms in total. The molecule has 3 N–H and O–H groups in total. The first-order chi connectivity index (χ1) is 9.92. The van der Waals surface area contributed by atoms with Gasteiger partial charge in [-0.3, -0.25) is 4.79 Å². The average Bonchev–Trinajstić information content (AvgIpc) is 2.44. The third-order valence-corrected chi connectivity index (χ3v) is 3.13. The molecule has 0 unspecified atom stereocenters. The normalized spacial score (nSPS) is 10.3. The number of aryl methyl sites for hydroxylation is 2. The maximum Gasteiger partial charge on any atom is 0.258 e. The zero-order valence-electron chi connectivity index (χ0n) is 12.2. The maximum absolute atomic E-state index is 14.0. The van der Waals surface area contributed by atoms with Crippen LogP contribution in [-0.2, 0) is 0 Å². The summed E-state index contributed by atoms with van der Waals surface area (Å²) in [5, 5.41) is 2.64. The molecule has 0 saturated heterocycles. The highest BCUT2D eigenvalue weighted by molar-refractivity contribution is 6.05. The molecular weight excluding hydrogens is 271 g/mol. The summed E-state index contributed by atoms with van der Waals surface area (Å²) in [7, 11) is 1.51. The van der Waals surface area contributed by atoms with E-state index in [0.29, 0.717) is 22.7 Å². The third-order valence-electron chi connectivity index (χ3n) is 3.13. The van der Waals surface area contributed by atoms with Crippen molar-refractivity contribution in [2.45, 2.75) is 13.8 Å². The molecule has 2 aromatic carbocycles. The van der Waals surface area contributed by atoms with Crippen molar-refractivity contribution >= 4 is 17.3 Å². The van der Waals surface area contributed by atoms with Gasteiger partial charge in [-0.15, -0.1) is 0 Å². The Hall–Kier alpha value is -2.56. The largest absolute Gasteiger partial charge is 0.495 e. The van der Waals surface area contributed by atoms with Crippen molar-refractivity contribution in [2.24, 2.45) is 0 Å². The van der Waals surface area contributed by atoms with Gasteiger partial charge in [-0.05, 0) is 49.2 Å².